The van der Waals surface area contributed by atoms with Crippen LogP contribution in [-0.4, -0.2) is 18.2 Å². The van der Waals surface area contributed by atoms with Gasteiger partial charge in [-0.25, -0.2) is 4.79 Å². The Balaban J connectivity index is 3.35. The second kappa shape index (κ2) is 4.39. The normalized spacial score (nSPS) is 10.9. The highest BCUT2D eigenvalue weighted by atomic mass is 16.5. The number of carbonyl (C=O) groups is 1. The van der Waals surface area contributed by atoms with Crippen LogP contribution in [0.1, 0.15) is 29.8 Å². The molecule has 0 amide bonds. The number of carbonyl (C=O) groups excluding carboxylic acids is 1. The van der Waals surface area contributed by atoms with Gasteiger partial charge in [0.1, 0.15) is 11.3 Å². The van der Waals surface area contributed by atoms with Crippen molar-refractivity contribution in [2.45, 2.75) is 19.3 Å². The number of rotatable bonds is 3. The number of allylic oxidation sites excluding steroid dienone is 1. The zero-order valence-electron chi connectivity index (χ0n) is 9.70. The maximum Gasteiger partial charge on any atom is 0.341 e. The molecule has 0 aliphatic heterocycles. The fraction of sp³-hybridized carbons (Fsp3) is 0.308. The molecular formula is C13H15O3. The number of esters is 1. The minimum Gasteiger partial charge on any atom is -0.507 e. The Bertz CT molecular complexity index is 419. The number of ether oxygens (including phenoxy) is 1. The zero-order valence-corrected chi connectivity index (χ0v) is 9.70. The molecule has 16 heavy (non-hydrogen) atoms. The molecule has 0 aliphatic rings. The van der Waals surface area contributed by atoms with E-state index in [1.807, 2.05) is 13.8 Å². The molecule has 0 unspecified atom stereocenters. The van der Waals surface area contributed by atoms with Crippen LogP contribution >= 0.6 is 0 Å². The summed E-state index contributed by atoms with van der Waals surface area (Å²) < 4.78 is 4.57. The summed E-state index contributed by atoms with van der Waals surface area (Å²) in [6, 6.07) is 5.87. The molecule has 0 saturated heterocycles. The fourth-order valence-electron chi connectivity index (χ4n) is 1.36. The first-order chi connectivity index (χ1) is 7.44. The summed E-state index contributed by atoms with van der Waals surface area (Å²) in [7, 11) is 1.27. The van der Waals surface area contributed by atoms with Crippen LogP contribution in [0.5, 0.6) is 5.75 Å². The quantitative estimate of drug-likeness (QED) is 0.627. The molecule has 0 saturated carbocycles. The van der Waals surface area contributed by atoms with E-state index in [0.717, 1.165) is 0 Å². The van der Waals surface area contributed by atoms with Gasteiger partial charge < -0.3 is 9.84 Å². The van der Waals surface area contributed by atoms with Crippen molar-refractivity contribution < 1.29 is 14.6 Å². The minimum atomic E-state index is -0.574. The molecule has 0 fully saturated rings. The third-order valence-electron chi connectivity index (χ3n) is 2.58. The Morgan fingerprint density at radius 3 is 2.69 bits per heavy atom. The molecule has 85 valence electrons. The van der Waals surface area contributed by atoms with Crippen LogP contribution < -0.4 is 0 Å². The van der Waals surface area contributed by atoms with E-state index in [2.05, 4.69) is 17.4 Å². The zero-order chi connectivity index (χ0) is 12.3. The van der Waals surface area contributed by atoms with Crippen molar-refractivity contribution in [3.05, 3.63) is 42.0 Å². The Morgan fingerprint density at radius 2 is 2.19 bits per heavy atom. The number of phenols is 1. The molecule has 1 rings (SSSR count). The van der Waals surface area contributed by atoms with E-state index in [4.69, 9.17) is 0 Å². The van der Waals surface area contributed by atoms with Crippen LogP contribution in [-0.2, 0) is 10.2 Å². The molecule has 1 N–H and O–H groups in total. The lowest BCUT2D eigenvalue weighted by molar-refractivity contribution is 0.0597. The van der Waals surface area contributed by atoms with Crippen LogP contribution in [0.15, 0.2) is 24.8 Å². The molecule has 0 bridgehead atoms. The van der Waals surface area contributed by atoms with Gasteiger partial charge in [-0.05, 0) is 18.2 Å². The second-order valence-corrected chi connectivity index (χ2v) is 4.05. The van der Waals surface area contributed by atoms with Crippen molar-refractivity contribution in [1.29, 1.82) is 0 Å². The number of hydrogen-bond acceptors (Lipinski definition) is 3. The lowest BCUT2D eigenvalue weighted by Crippen LogP contribution is -2.15. The number of hydrogen-bond donors (Lipinski definition) is 1. The van der Waals surface area contributed by atoms with E-state index in [1.54, 1.807) is 12.1 Å². The standard InChI is InChI=1S/C13H15O3/c1-5-13(2,3)10-8-6-7-9(11(10)14)12(15)16-4/h5,7-8,14H,1H2,2-4H3. The molecule has 0 heterocycles. The van der Waals surface area contributed by atoms with Crippen LogP contribution in [0, 0.1) is 6.07 Å². The third kappa shape index (κ3) is 2.08. The van der Waals surface area contributed by atoms with E-state index in [9.17, 15) is 9.90 Å². The lowest BCUT2D eigenvalue weighted by atomic mass is 9.83. The first kappa shape index (κ1) is 12.3. The summed E-state index contributed by atoms with van der Waals surface area (Å²) in [5, 5.41) is 9.99. The molecule has 3 heteroatoms. The number of phenolic OH excluding ortho intramolecular Hbond substituents is 1. The Kier molecular flexibility index (Phi) is 3.38. The summed E-state index contributed by atoms with van der Waals surface area (Å²) in [5.41, 5.74) is 0.297. The van der Waals surface area contributed by atoms with Crippen LogP contribution in [0.2, 0.25) is 0 Å². The monoisotopic (exact) mass is 219 g/mol. The van der Waals surface area contributed by atoms with Gasteiger partial charge in [-0.3, -0.25) is 0 Å². The maximum absolute atomic E-state index is 11.4. The Morgan fingerprint density at radius 1 is 1.56 bits per heavy atom. The molecule has 1 aromatic rings. The topological polar surface area (TPSA) is 46.5 Å². The van der Waals surface area contributed by atoms with Gasteiger partial charge in [-0.15, -0.1) is 6.58 Å². The van der Waals surface area contributed by atoms with Crippen LogP contribution in [0.25, 0.3) is 0 Å². The minimum absolute atomic E-state index is 0.0736. The van der Waals surface area contributed by atoms with Gasteiger partial charge in [0.05, 0.1) is 7.11 Å². The average Bonchev–Trinajstić information content (AvgIpc) is 2.28. The van der Waals surface area contributed by atoms with Gasteiger partial charge >= 0.3 is 5.97 Å². The molecular weight excluding hydrogens is 204 g/mol. The van der Waals surface area contributed by atoms with E-state index >= 15 is 0 Å². The predicted molar refractivity (Wildman–Crippen MR) is 61.5 cm³/mol. The predicted octanol–water partition coefficient (Wildman–Crippen LogP) is 2.44. The highest BCUT2D eigenvalue weighted by Crippen LogP contribution is 2.34. The smallest absolute Gasteiger partial charge is 0.341 e. The number of aromatic hydroxyl groups is 1. The van der Waals surface area contributed by atoms with Crippen molar-refractivity contribution in [2.75, 3.05) is 7.11 Å². The average molecular weight is 219 g/mol. The largest absolute Gasteiger partial charge is 0.507 e. The second-order valence-electron chi connectivity index (χ2n) is 4.05. The van der Waals surface area contributed by atoms with Gasteiger partial charge in [-0.1, -0.05) is 19.9 Å². The summed E-state index contributed by atoms with van der Waals surface area (Å²) in [6.45, 7) is 7.49. The fourth-order valence-corrected chi connectivity index (χ4v) is 1.36. The third-order valence-corrected chi connectivity index (χ3v) is 2.58. The molecule has 1 aromatic carbocycles. The van der Waals surface area contributed by atoms with Gasteiger partial charge in [0.2, 0.25) is 0 Å². The summed E-state index contributed by atoms with van der Waals surface area (Å²) in [5.74, 6) is -0.647. The van der Waals surface area contributed by atoms with E-state index in [0.29, 0.717) is 5.56 Å². The van der Waals surface area contributed by atoms with E-state index in [-0.39, 0.29) is 11.3 Å². The highest BCUT2D eigenvalue weighted by molar-refractivity contribution is 5.92. The summed E-state index contributed by atoms with van der Waals surface area (Å²) in [4.78, 5) is 11.4. The number of benzene rings is 1. The molecule has 0 aromatic heterocycles. The van der Waals surface area contributed by atoms with Crippen molar-refractivity contribution in [2.24, 2.45) is 0 Å². The summed E-state index contributed by atoms with van der Waals surface area (Å²) in [6.07, 6.45) is 1.71. The van der Waals surface area contributed by atoms with Crippen molar-refractivity contribution >= 4 is 5.97 Å². The molecule has 1 radical (unpaired) electrons. The molecule has 0 aliphatic carbocycles. The maximum atomic E-state index is 11.4. The molecule has 3 nitrogen and oxygen atoms in total. The molecule has 0 spiro atoms. The van der Waals surface area contributed by atoms with Crippen molar-refractivity contribution in [3.8, 4) is 5.75 Å². The van der Waals surface area contributed by atoms with Crippen molar-refractivity contribution in [1.82, 2.24) is 0 Å². The van der Waals surface area contributed by atoms with E-state index in [1.165, 1.54) is 13.2 Å². The number of methoxy groups -OCH3 is 1. The van der Waals surface area contributed by atoms with E-state index < -0.39 is 11.4 Å². The van der Waals surface area contributed by atoms with Gasteiger partial charge in [-0.2, -0.15) is 0 Å². The first-order valence-electron chi connectivity index (χ1n) is 4.89. The van der Waals surface area contributed by atoms with Crippen molar-refractivity contribution in [3.63, 3.8) is 0 Å². The molecule has 0 atom stereocenters. The van der Waals surface area contributed by atoms with Gasteiger partial charge in [0.25, 0.3) is 0 Å². The lowest BCUT2D eigenvalue weighted by Gasteiger charge is -2.22. The van der Waals surface area contributed by atoms with Gasteiger partial charge in [0, 0.05) is 11.0 Å². The Labute approximate surface area is 95.4 Å². The van der Waals surface area contributed by atoms with Gasteiger partial charge in [0.15, 0.2) is 0 Å². The first-order valence-corrected chi connectivity index (χ1v) is 4.89. The summed E-state index contributed by atoms with van der Waals surface area (Å²) >= 11 is 0. The highest BCUT2D eigenvalue weighted by Gasteiger charge is 2.24. The van der Waals surface area contributed by atoms with Crippen LogP contribution in [0.4, 0.5) is 0 Å². The SMILES string of the molecule is C=CC(C)(C)c1c[c]cc(C(=O)OC)c1O. The van der Waals surface area contributed by atoms with Crippen LogP contribution in [0.3, 0.4) is 0 Å². The Hall–Kier alpha value is -1.77.